The van der Waals surface area contributed by atoms with E-state index >= 15 is 0 Å². The van der Waals surface area contributed by atoms with Gasteiger partial charge >= 0.3 is 6.03 Å². The number of hydrogen-bond acceptors (Lipinski definition) is 6. The van der Waals surface area contributed by atoms with E-state index in [-0.39, 0.29) is 40.6 Å². The monoisotopic (exact) mass is 696 g/mol. The number of carbonyl (C=O) groups excluding carboxylic acids is 1. The summed E-state index contributed by atoms with van der Waals surface area (Å²) in [5, 5.41) is 15.6. The number of nitrogens with one attached hydrogen (secondary N) is 2. The van der Waals surface area contributed by atoms with E-state index in [1.807, 2.05) is 30.5 Å². The lowest BCUT2D eigenvalue weighted by Crippen LogP contribution is -2.37. The number of aromatic nitrogens is 3. The van der Waals surface area contributed by atoms with Crippen LogP contribution in [0.15, 0.2) is 60.8 Å². The summed E-state index contributed by atoms with van der Waals surface area (Å²) in [7, 11) is 0.833. The van der Waals surface area contributed by atoms with Gasteiger partial charge in [0.05, 0.1) is 23.9 Å². The average Bonchev–Trinajstić information content (AvgIpc) is 3.62. The number of benzene rings is 2. The quantitative estimate of drug-likeness (QED) is 0.179. The third kappa shape index (κ3) is 7.48. The molecule has 0 bridgehead atoms. The Bertz CT molecular complexity index is 1840. The summed E-state index contributed by atoms with van der Waals surface area (Å²) in [6.07, 6.45) is 5.53. The van der Waals surface area contributed by atoms with Gasteiger partial charge in [0.25, 0.3) is 0 Å². The Morgan fingerprint density at radius 3 is 2.40 bits per heavy atom. The van der Waals surface area contributed by atoms with Crippen LogP contribution in [-0.4, -0.2) is 48.2 Å². The highest BCUT2D eigenvalue weighted by Crippen LogP contribution is 2.42. The van der Waals surface area contributed by atoms with Crippen molar-refractivity contribution in [2.24, 2.45) is 5.41 Å². The Kier molecular flexibility index (Phi) is 9.93. The van der Waals surface area contributed by atoms with E-state index < -0.39 is 9.04 Å². The van der Waals surface area contributed by atoms with Crippen molar-refractivity contribution in [3.63, 3.8) is 0 Å². The molecule has 2 amide bonds. The topological polar surface area (TPSA) is 93.0 Å². The molecule has 6 rings (SSSR count). The lowest BCUT2D eigenvalue weighted by molar-refractivity contribution is 0.0865. The summed E-state index contributed by atoms with van der Waals surface area (Å²) in [4.78, 5) is 16.0. The molecule has 4 atom stereocenters. The molecular weight excluding hydrogens is 641 g/mol. The second-order valence-corrected chi connectivity index (χ2v) is 19.3. The van der Waals surface area contributed by atoms with Gasteiger partial charge in [0.2, 0.25) is 0 Å². The Labute approximate surface area is 299 Å². The molecule has 1 unspecified atom stereocenters. The predicted octanol–water partition coefficient (Wildman–Crippen LogP) is 8.83. The molecule has 1 aliphatic heterocycles. The molecule has 2 aromatic carbocycles. The second-order valence-electron chi connectivity index (χ2n) is 16.9. The van der Waals surface area contributed by atoms with Crippen molar-refractivity contribution < 1.29 is 14.0 Å². The predicted molar refractivity (Wildman–Crippen MR) is 203 cm³/mol. The summed E-state index contributed by atoms with van der Waals surface area (Å²) >= 11 is 0. The van der Waals surface area contributed by atoms with Gasteiger partial charge in [0.1, 0.15) is 11.9 Å². The number of fused-ring (bicyclic) bond motifs is 2. The van der Waals surface area contributed by atoms with Crippen molar-refractivity contribution in [3.05, 3.63) is 88.9 Å². The molecule has 1 aliphatic carbocycles. The van der Waals surface area contributed by atoms with Gasteiger partial charge in [-0.15, -0.1) is 10.2 Å². The number of likely N-dealkylation sites (tertiary alicyclic amines) is 1. The van der Waals surface area contributed by atoms with Gasteiger partial charge in [-0.2, -0.15) is 0 Å². The van der Waals surface area contributed by atoms with Crippen LogP contribution in [0.25, 0.3) is 5.65 Å². The number of ether oxygens (including phenoxy) is 1. The summed E-state index contributed by atoms with van der Waals surface area (Å²) < 4.78 is 15.4. The van der Waals surface area contributed by atoms with Crippen LogP contribution >= 0.6 is 0 Å². The van der Waals surface area contributed by atoms with Gasteiger partial charge in [-0.25, -0.2) is 4.79 Å². The molecule has 2 aliphatic rings. The van der Waals surface area contributed by atoms with E-state index in [0.717, 1.165) is 77.4 Å². The van der Waals surface area contributed by atoms with Crippen LogP contribution in [0.3, 0.4) is 0 Å². The first-order valence-electron chi connectivity index (χ1n) is 18.2. The number of rotatable bonds is 8. The maximum absolute atomic E-state index is 13.7. The number of nitrogens with zero attached hydrogens (tertiary/aromatic N) is 4. The summed E-state index contributed by atoms with van der Waals surface area (Å²) in [6, 6.07) is 18.3. The van der Waals surface area contributed by atoms with Crippen LogP contribution < -0.4 is 15.4 Å². The van der Waals surface area contributed by atoms with Crippen LogP contribution in [0.2, 0.25) is 13.1 Å². The number of urea groups is 1. The fourth-order valence-corrected chi connectivity index (χ4v) is 8.67. The molecule has 268 valence electrons. The zero-order chi connectivity index (χ0) is 36.0. The lowest BCUT2D eigenvalue weighted by Gasteiger charge is -2.34. The maximum Gasteiger partial charge on any atom is 0.319 e. The van der Waals surface area contributed by atoms with Crippen LogP contribution in [0.5, 0.6) is 5.75 Å². The molecule has 4 aromatic rings. The van der Waals surface area contributed by atoms with Crippen LogP contribution in [-0.2, 0) is 15.4 Å². The normalized spacial score (nSPS) is 22.1. The molecule has 3 heterocycles. The van der Waals surface area contributed by atoms with E-state index in [9.17, 15) is 4.79 Å². The number of hydrogen-bond donors (Lipinski definition) is 2. The highest BCUT2D eigenvalue weighted by Gasteiger charge is 2.40. The first-order valence-corrected chi connectivity index (χ1v) is 21.0. The lowest BCUT2D eigenvalue weighted by atomic mass is 9.80. The molecule has 1 saturated heterocycles. The summed E-state index contributed by atoms with van der Waals surface area (Å²) in [6.45, 7) is 21.0. The van der Waals surface area contributed by atoms with Crippen molar-refractivity contribution in [1.82, 2.24) is 24.8 Å². The highest BCUT2D eigenvalue weighted by atomic mass is 28.3. The number of carbonyl (C=O) groups is 1. The molecule has 0 saturated carbocycles. The van der Waals surface area contributed by atoms with Gasteiger partial charge in [-0.1, -0.05) is 71.9 Å². The first-order chi connectivity index (χ1) is 23.5. The maximum atomic E-state index is 13.7. The third-order valence-electron chi connectivity index (χ3n) is 10.5. The van der Waals surface area contributed by atoms with Crippen LogP contribution in [0, 0.1) is 5.41 Å². The third-order valence-corrected chi connectivity index (χ3v) is 11.3. The fraction of sp³-hybridized carbons (Fsp3) is 0.525. The number of amides is 2. The first kappa shape index (κ1) is 36.1. The Morgan fingerprint density at radius 2 is 1.74 bits per heavy atom. The molecule has 0 spiro atoms. The summed E-state index contributed by atoms with van der Waals surface area (Å²) in [5.41, 5.74) is 5.69. The highest BCUT2D eigenvalue weighted by molar-refractivity contribution is 6.48. The zero-order valence-corrected chi connectivity index (χ0v) is 32.8. The van der Waals surface area contributed by atoms with E-state index in [1.165, 1.54) is 0 Å². The molecule has 50 heavy (non-hydrogen) atoms. The second kappa shape index (κ2) is 13.8. The molecule has 10 heteroatoms. The smallest absolute Gasteiger partial charge is 0.319 e. The standard InChI is InChI=1S/C40H56N6O3Si/c1-38(2,3)27-22-26(35(39(4,5)6)49-50(9)10)23-28(24-27)41-37(47)42-32-17-18-33(31-15-12-11-14-30(31)32)48-29-16-19-34-43-44-36(46(34)25-29)40(7)20-13-21-45(40)8/h11-12,14-16,19,22-25,32-33,35,50H,13,17-18,20-21H2,1-10H3,(H2,41,42,47)/t32-,33+,35?,40-/m0/s1. The minimum Gasteiger partial charge on any atom is -0.484 e. The Balaban J connectivity index is 1.21. The molecular formula is C40H56N6O3Si. The molecule has 2 N–H and O–H groups in total. The Morgan fingerprint density at radius 1 is 1.00 bits per heavy atom. The number of anilines is 1. The largest absolute Gasteiger partial charge is 0.484 e. The van der Waals surface area contributed by atoms with E-state index in [1.54, 1.807) is 0 Å². The molecule has 1 fully saturated rings. The van der Waals surface area contributed by atoms with Crippen molar-refractivity contribution >= 4 is 26.4 Å². The van der Waals surface area contributed by atoms with Crippen molar-refractivity contribution in [3.8, 4) is 5.75 Å². The molecule has 0 radical (unpaired) electrons. The van der Waals surface area contributed by atoms with Gasteiger partial charge in [-0.3, -0.25) is 9.30 Å². The Hall–Kier alpha value is -3.73. The SMILES string of the molecule is CN1CCC[C@@]1(C)c1nnc2ccc(O[C@@H]3CC[C@H](NC(=O)Nc4cc(C(O[SiH](C)C)C(C)(C)C)cc(C(C)(C)C)c4)c4ccccc43)cn12. The fourth-order valence-electron chi connectivity index (χ4n) is 7.56. The minimum atomic E-state index is -1.32. The molecule has 9 nitrogen and oxygen atoms in total. The van der Waals surface area contributed by atoms with E-state index in [4.69, 9.17) is 9.16 Å². The van der Waals surface area contributed by atoms with Crippen LogP contribution in [0.1, 0.15) is 120 Å². The van der Waals surface area contributed by atoms with Crippen molar-refractivity contribution in [1.29, 1.82) is 0 Å². The zero-order valence-electron chi connectivity index (χ0n) is 31.6. The molecule has 2 aromatic heterocycles. The average molecular weight is 697 g/mol. The van der Waals surface area contributed by atoms with E-state index in [2.05, 4.69) is 129 Å². The van der Waals surface area contributed by atoms with Crippen molar-refractivity contribution in [2.45, 2.75) is 116 Å². The minimum absolute atomic E-state index is 0.0632. The summed E-state index contributed by atoms with van der Waals surface area (Å²) in [5.74, 6) is 1.72. The van der Waals surface area contributed by atoms with Gasteiger partial charge in [0, 0.05) is 5.69 Å². The number of pyridine rings is 1. The van der Waals surface area contributed by atoms with E-state index in [0.29, 0.717) is 0 Å². The van der Waals surface area contributed by atoms with Gasteiger partial charge in [0.15, 0.2) is 20.5 Å². The van der Waals surface area contributed by atoms with Gasteiger partial charge in [-0.05, 0) is 117 Å². The van der Waals surface area contributed by atoms with Gasteiger partial charge < -0.3 is 19.8 Å². The van der Waals surface area contributed by atoms with Crippen LogP contribution in [0.4, 0.5) is 10.5 Å². The van der Waals surface area contributed by atoms with Crippen molar-refractivity contribution in [2.75, 3.05) is 18.9 Å².